The number of halogens is 2. The quantitative estimate of drug-likeness (QED) is 0.613. The predicted octanol–water partition coefficient (Wildman–Crippen LogP) is 1.68. The van der Waals surface area contributed by atoms with E-state index in [9.17, 15) is 9.59 Å². The molecule has 1 aliphatic heterocycles. The summed E-state index contributed by atoms with van der Waals surface area (Å²) in [5.41, 5.74) is 1.48. The van der Waals surface area contributed by atoms with Crippen LogP contribution in [0.4, 0.5) is 9.41 Å². The second kappa shape index (κ2) is 7.77. The van der Waals surface area contributed by atoms with Gasteiger partial charge >= 0.3 is 0 Å². The Morgan fingerprint density at radius 2 is 1.90 bits per heavy atom. The van der Waals surface area contributed by atoms with Gasteiger partial charge in [-0.05, 0) is 31.9 Å². The average Bonchev–Trinajstić information content (AvgIpc) is 2.29. The molecule has 2 rings (SSSR count). The molecule has 0 radical (unpaired) electrons. The first kappa shape index (κ1) is 20.6. The lowest BCUT2D eigenvalue weighted by Gasteiger charge is -2.31. The summed E-state index contributed by atoms with van der Waals surface area (Å²) in [5, 5.41) is 0. The molecule has 0 aromatic heterocycles. The van der Waals surface area contributed by atoms with Crippen LogP contribution in [-0.2, 0) is 4.79 Å². The van der Waals surface area contributed by atoms with Crippen LogP contribution in [0.5, 0.6) is 5.75 Å². The minimum atomic E-state index is -0.644. The van der Waals surface area contributed by atoms with Gasteiger partial charge in [0.1, 0.15) is 23.6 Å². The van der Waals surface area contributed by atoms with Gasteiger partial charge in [-0.15, -0.1) is 0 Å². The van der Waals surface area contributed by atoms with E-state index >= 15 is 0 Å². The number of para-hydroxylation sites is 1. The molecule has 0 N–H and O–H groups in total. The Morgan fingerprint density at radius 1 is 1.30 bits per heavy atom. The van der Waals surface area contributed by atoms with Crippen LogP contribution in [0.3, 0.4) is 0 Å². The number of fused-ring (bicyclic) bond motifs is 1. The maximum Gasteiger partial charge on any atom is 0.180 e. The molecule has 1 aliphatic rings. The molecule has 1 aromatic rings. The molecule has 0 aliphatic carbocycles. The third kappa shape index (κ3) is 3.24. The van der Waals surface area contributed by atoms with E-state index in [-0.39, 0.29) is 35.5 Å². The van der Waals surface area contributed by atoms with Crippen LogP contribution in [0.1, 0.15) is 36.2 Å². The minimum Gasteiger partial charge on any atom is -0.488 e. The second-order valence-electron chi connectivity index (χ2n) is 4.47. The van der Waals surface area contributed by atoms with Crippen LogP contribution in [0, 0.1) is 12.8 Å². The zero-order valence-corrected chi connectivity index (χ0v) is 11.1. The Kier molecular flexibility index (Phi) is 8.01. The summed E-state index contributed by atoms with van der Waals surface area (Å²) in [5.74, 6) is -0.223. The van der Waals surface area contributed by atoms with Crippen molar-refractivity contribution in [2.75, 3.05) is 0 Å². The predicted molar refractivity (Wildman–Crippen MR) is 79.3 cm³/mol. The first-order chi connectivity index (χ1) is 8.06. The topological polar surface area (TPSA) is 43.4 Å². The molecule has 0 amide bonds. The van der Waals surface area contributed by atoms with E-state index in [0.717, 1.165) is 5.56 Å². The fourth-order valence-electron chi connectivity index (χ4n) is 2.32. The molecule has 0 fully saturated rings. The average molecular weight is 286 g/mol. The van der Waals surface area contributed by atoms with Crippen LogP contribution in [0.25, 0.3) is 0 Å². The van der Waals surface area contributed by atoms with Gasteiger partial charge in [0.2, 0.25) is 0 Å². The van der Waals surface area contributed by atoms with E-state index in [2.05, 4.69) is 0 Å². The van der Waals surface area contributed by atoms with Gasteiger partial charge in [-0.1, -0.05) is 19.1 Å². The lowest BCUT2D eigenvalue weighted by Crippen LogP contribution is -2.41. The van der Waals surface area contributed by atoms with E-state index in [1.54, 1.807) is 6.07 Å². The third-order valence-corrected chi connectivity index (χ3v) is 3.24. The molecular formula is C14H21BF2O3. The van der Waals surface area contributed by atoms with Gasteiger partial charge in [-0.3, -0.25) is 19.0 Å². The highest BCUT2D eigenvalue weighted by Crippen LogP contribution is 2.34. The monoisotopic (exact) mass is 286 g/mol. The minimum absolute atomic E-state index is 0. The number of ketones is 2. The third-order valence-electron chi connectivity index (χ3n) is 3.24. The molecular weight excluding hydrogens is 265 g/mol. The first-order valence-corrected chi connectivity index (χ1v) is 5.87. The van der Waals surface area contributed by atoms with Gasteiger partial charge in [0, 0.05) is 0 Å². The van der Waals surface area contributed by atoms with Crippen molar-refractivity contribution in [3.8, 4) is 5.75 Å². The highest BCUT2D eigenvalue weighted by molar-refractivity contribution is 6.12. The van der Waals surface area contributed by atoms with E-state index in [1.165, 1.54) is 6.92 Å². The van der Waals surface area contributed by atoms with E-state index < -0.39 is 5.92 Å². The summed E-state index contributed by atoms with van der Waals surface area (Å²) in [6.45, 7) is 5.29. The van der Waals surface area contributed by atoms with Crippen molar-refractivity contribution in [1.29, 1.82) is 0 Å². The number of carbonyl (C=O) groups is 2. The van der Waals surface area contributed by atoms with Gasteiger partial charge in [0.15, 0.2) is 5.78 Å². The number of ether oxygens (including phenoxy) is 1. The molecule has 0 spiro atoms. The van der Waals surface area contributed by atoms with Gasteiger partial charge in [0.05, 0.1) is 14.0 Å². The van der Waals surface area contributed by atoms with Crippen LogP contribution in [0.2, 0.25) is 0 Å². The van der Waals surface area contributed by atoms with Gasteiger partial charge in [-0.25, -0.2) is 0 Å². The Morgan fingerprint density at radius 3 is 2.40 bits per heavy atom. The SMILES string of the molecule is B.CCC1Oc2c(C)cccc2C(=O)C1C(C)=O.F.F. The summed E-state index contributed by atoms with van der Waals surface area (Å²) in [6, 6.07) is 5.46. The number of carbonyl (C=O) groups excluding carboxylic acids is 2. The molecule has 1 heterocycles. The van der Waals surface area contributed by atoms with Crippen LogP contribution < -0.4 is 4.74 Å². The summed E-state index contributed by atoms with van der Waals surface area (Å²) in [4.78, 5) is 23.9. The molecule has 6 heteroatoms. The zero-order chi connectivity index (χ0) is 12.6. The number of benzene rings is 1. The first-order valence-electron chi connectivity index (χ1n) is 5.87. The lowest BCUT2D eigenvalue weighted by atomic mass is 9.84. The summed E-state index contributed by atoms with van der Waals surface area (Å²) < 4.78 is 5.81. The molecule has 3 nitrogen and oxygen atoms in total. The summed E-state index contributed by atoms with van der Waals surface area (Å²) in [7, 11) is 0. The molecule has 0 saturated carbocycles. The van der Waals surface area contributed by atoms with E-state index in [1.807, 2.05) is 26.0 Å². The van der Waals surface area contributed by atoms with Crippen LogP contribution in [0.15, 0.2) is 18.2 Å². The van der Waals surface area contributed by atoms with Crippen LogP contribution >= 0.6 is 0 Å². The molecule has 2 atom stereocenters. The Bertz CT molecular complexity index is 491. The Labute approximate surface area is 119 Å². The fourth-order valence-corrected chi connectivity index (χ4v) is 2.32. The highest BCUT2D eigenvalue weighted by atomic mass is 19.0. The lowest BCUT2D eigenvalue weighted by molar-refractivity contribution is -0.122. The number of hydrogen-bond donors (Lipinski definition) is 0. The Hall–Kier alpha value is -1.72. The standard InChI is InChI=1S/C14H16O3.BH3.2FH/c1-4-11-12(9(3)15)13(16)10-7-5-6-8(2)14(10)17-11;;;/h5-7,11-12H,4H2,1-3H3;1H3;2*1H. The van der Waals surface area contributed by atoms with Gasteiger partial charge < -0.3 is 4.74 Å². The normalized spacial score (nSPS) is 19.4. The van der Waals surface area contributed by atoms with Crippen molar-refractivity contribution in [2.45, 2.75) is 33.3 Å². The molecule has 1 aromatic carbocycles. The van der Waals surface area contributed by atoms with Crippen molar-refractivity contribution in [1.82, 2.24) is 0 Å². The largest absolute Gasteiger partial charge is 0.488 e. The van der Waals surface area contributed by atoms with Crippen molar-refractivity contribution in [2.24, 2.45) is 5.92 Å². The zero-order valence-electron chi connectivity index (χ0n) is 11.1. The molecule has 20 heavy (non-hydrogen) atoms. The summed E-state index contributed by atoms with van der Waals surface area (Å²) >= 11 is 0. The van der Waals surface area contributed by atoms with Gasteiger partial charge in [-0.2, -0.15) is 0 Å². The molecule has 0 bridgehead atoms. The van der Waals surface area contributed by atoms with Crippen molar-refractivity contribution in [3.63, 3.8) is 0 Å². The molecule has 112 valence electrons. The number of Topliss-reactive ketones (excluding diaryl/α,β-unsaturated/α-hetero) is 2. The van der Waals surface area contributed by atoms with E-state index in [0.29, 0.717) is 17.7 Å². The number of hydrogen-bond acceptors (Lipinski definition) is 3. The van der Waals surface area contributed by atoms with E-state index in [4.69, 9.17) is 4.74 Å². The highest BCUT2D eigenvalue weighted by Gasteiger charge is 2.39. The number of rotatable bonds is 2. The van der Waals surface area contributed by atoms with Crippen molar-refractivity contribution in [3.05, 3.63) is 29.3 Å². The smallest absolute Gasteiger partial charge is 0.180 e. The van der Waals surface area contributed by atoms with Crippen molar-refractivity contribution < 1.29 is 23.7 Å². The fraction of sp³-hybridized carbons (Fsp3) is 0.429. The maximum absolute atomic E-state index is 12.3. The maximum atomic E-state index is 12.3. The second-order valence-corrected chi connectivity index (χ2v) is 4.47. The molecule has 2 unspecified atom stereocenters. The van der Waals surface area contributed by atoms with Crippen LogP contribution in [-0.4, -0.2) is 26.1 Å². The van der Waals surface area contributed by atoms with Gasteiger partial charge in [0.25, 0.3) is 0 Å². The molecule has 0 saturated heterocycles. The Balaban J connectivity index is 0. The van der Waals surface area contributed by atoms with Crippen molar-refractivity contribution >= 4 is 20.0 Å². The summed E-state index contributed by atoms with van der Waals surface area (Å²) in [6.07, 6.45) is 0.331. The number of aryl methyl sites for hydroxylation is 1.